The van der Waals surface area contributed by atoms with Gasteiger partial charge in [-0.1, -0.05) is 18.2 Å². The molecule has 1 aliphatic heterocycles. The van der Waals surface area contributed by atoms with Crippen molar-refractivity contribution in [3.63, 3.8) is 0 Å². The molecule has 0 bridgehead atoms. The summed E-state index contributed by atoms with van der Waals surface area (Å²) in [5.74, 6) is 0.162. The van der Waals surface area contributed by atoms with E-state index in [2.05, 4.69) is 40.2 Å². The summed E-state index contributed by atoms with van der Waals surface area (Å²) >= 11 is 0. The van der Waals surface area contributed by atoms with Crippen LogP contribution in [0.4, 0.5) is 0 Å². The smallest absolute Gasteiger partial charge is 0.234 e. The minimum atomic E-state index is 0.0877. The van der Waals surface area contributed by atoms with Gasteiger partial charge in [-0.25, -0.2) is 0 Å². The molecule has 3 aliphatic rings. The summed E-state index contributed by atoms with van der Waals surface area (Å²) < 4.78 is 0. The lowest BCUT2D eigenvalue weighted by Gasteiger charge is -2.23. The number of hydrogen-bond donors (Lipinski definition) is 1. The maximum Gasteiger partial charge on any atom is 0.234 e. The molecule has 0 unspecified atom stereocenters. The van der Waals surface area contributed by atoms with Crippen LogP contribution in [-0.4, -0.2) is 54.5 Å². The highest BCUT2D eigenvalue weighted by molar-refractivity contribution is 5.78. The summed E-state index contributed by atoms with van der Waals surface area (Å²) in [7, 11) is 0. The highest BCUT2D eigenvalue weighted by Crippen LogP contribution is 2.27. The van der Waals surface area contributed by atoms with Gasteiger partial charge in [-0.2, -0.15) is 0 Å². The summed E-state index contributed by atoms with van der Waals surface area (Å²) in [5, 5.41) is 3.22. The molecule has 142 valence electrons. The molecule has 0 radical (unpaired) electrons. The molecule has 4 nitrogen and oxygen atoms in total. The standard InChI is InChI=1S/C22H33N3O/c1-17(19-8-7-18-5-2-3-6-20(18)15-19)23-22(26)16-24-11-4-12-25(14-13-24)21-9-10-21/h7-8,15,17,21H,2-6,9-14,16H2,1H3,(H,23,26)/t17-/m1/s1. The van der Waals surface area contributed by atoms with Crippen LogP contribution in [0.25, 0.3) is 0 Å². The van der Waals surface area contributed by atoms with Crippen LogP contribution in [0.3, 0.4) is 0 Å². The van der Waals surface area contributed by atoms with Crippen LogP contribution in [-0.2, 0) is 17.6 Å². The zero-order chi connectivity index (χ0) is 17.9. The van der Waals surface area contributed by atoms with Gasteiger partial charge >= 0.3 is 0 Å². The fraction of sp³-hybridized carbons (Fsp3) is 0.682. The number of hydrogen-bond acceptors (Lipinski definition) is 3. The summed E-state index contributed by atoms with van der Waals surface area (Å²) in [6.07, 6.45) is 8.94. The summed E-state index contributed by atoms with van der Waals surface area (Å²) in [5.41, 5.74) is 4.24. The highest BCUT2D eigenvalue weighted by atomic mass is 16.2. The van der Waals surface area contributed by atoms with Crippen LogP contribution in [0.2, 0.25) is 0 Å². The molecule has 26 heavy (non-hydrogen) atoms. The molecule has 4 rings (SSSR count). The summed E-state index contributed by atoms with van der Waals surface area (Å²) in [4.78, 5) is 17.5. The first-order chi connectivity index (χ1) is 12.7. The Morgan fingerprint density at radius 2 is 1.88 bits per heavy atom. The fourth-order valence-electron chi connectivity index (χ4n) is 4.55. The van der Waals surface area contributed by atoms with Gasteiger partial charge in [0.25, 0.3) is 0 Å². The predicted molar refractivity (Wildman–Crippen MR) is 105 cm³/mol. The molecule has 2 fully saturated rings. The Morgan fingerprint density at radius 3 is 2.69 bits per heavy atom. The minimum absolute atomic E-state index is 0.0877. The van der Waals surface area contributed by atoms with E-state index in [-0.39, 0.29) is 11.9 Å². The van der Waals surface area contributed by atoms with Crippen LogP contribution in [0.1, 0.15) is 61.8 Å². The molecule has 4 heteroatoms. The van der Waals surface area contributed by atoms with Gasteiger partial charge in [-0.05, 0) is 81.6 Å². The van der Waals surface area contributed by atoms with E-state index in [4.69, 9.17) is 0 Å². The normalized spacial score (nSPS) is 23.1. The number of carbonyl (C=O) groups is 1. The largest absolute Gasteiger partial charge is 0.348 e. The maximum atomic E-state index is 12.6. The Hall–Kier alpha value is -1.39. The Labute approximate surface area is 157 Å². The molecule has 1 atom stereocenters. The van der Waals surface area contributed by atoms with Crippen LogP contribution in [0.5, 0.6) is 0 Å². The second-order valence-corrected chi connectivity index (χ2v) is 8.42. The van der Waals surface area contributed by atoms with E-state index in [1.807, 2.05) is 0 Å². The molecular formula is C22H33N3O. The lowest BCUT2D eigenvalue weighted by atomic mass is 9.89. The van der Waals surface area contributed by atoms with Crippen molar-refractivity contribution < 1.29 is 4.79 Å². The van der Waals surface area contributed by atoms with Gasteiger partial charge < -0.3 is 5.32 Å². The third-order valence-electron chi connectivity index (χ3n) is 6.30. The van der Waals surface area contributed by atoms with E-state index in [1.165, 1.54) is 68.2 Å². The van der Waals surface area contributed by atoms with Gasteiger partial charge in [0.1, 0.15) is 0 Å². The lowest BCUT2D eigenvalue weighted by molar-refractivity contribution is -0.122. The van der Waals surface area contributed by atoms with E-state index < -0.39 is 0 Å². The molecule has 1 amide bonds. The van der Waals surface area contributed by atoms with E-state index >= 15 is 0 Å². The number of aryl methyl sites for hydroxylation is 2. The zero-order valence-electron chi connectivity index (χ0n) is 16.2. The molecule has 0 aromatic heterocycles. The third-order valence-corrected chi connectivity index (χ3v) is 6.30. The lowest BCUT2D eigenvalue weighted by Crippen LogP contribution is -2.40. The minimum Gasteiger partial charge on any atom is -0.348 e. The number of fused-ring (bicyclic) bond motifs is 1. The van der Waals surface area contributed by atoms with Gasteiger partial charge in [0.15, 0.2) is 0 Å². The Morgan fingerprint density at radius 1 is 1.08 bits per heavy atom. The second kappa shape index (κ2) is 8.10. The second-order valence-electron chi connectivity index (χ2n) is 8.42. The topological polar surface area (TPSA) is 35.6 Å². The molecule has 1 aromatic carbocycles. The van der Waals surface area contributed by atoms with Crippen LogP contribution < -0.4 is 5.32 Å². The Kier molecular flexibility index (Phi) is 5.60. The van der Waals surface area contributed by atoms with Crippen LogP contribution in [0, 0.1) is 0 Å². The quantitative estimate of drug-likeness (QED) is 0.882. The Bertz CT molecular complexity index is 640. The average Bonchev–Trinajstić information content (AvgIpc) is 3.48. The molecule has 2 aliphatic carbocycles. The first-order valence-corrected chi connectivity index (χ1v) is 10.6. The zero-order valence-corrected chi connectivity index (χ0v) is 16.2. The van der Waals surface area contributed by atoms with E-state index in [1.54, 1.807) is 0 Å². The van der Waals surface area contributed by atoms with Crippen molar-refractivity contribution in [2.24, 2.45) is 0 Å². The van der Waals surface area contributed by atoms with Gasteiger partial charge in [0.2, 0.25) is 5.91 Å². The first-order valence-electron chi connectivity index (χ1n) is 10.6. The molecular weight excluding hydrogens is 322 g/mol. The highest BCUT2D eigenvalue weighted by Gasteiger charge is 2.30. The summed E-state index contributed by atoms with van der Waals surface area (Å²) in [6, 6.07) is 7.72. The van der Waals surface area contributed by atoms with Crippen molar-refractivity contribution in [1.29, 1.82) is 0 Å². The SMILES string of the molecule is C[C@@H](NC(=O)CN1CCCN(C2CC2)CC1)c1ccc2c(c1)CCCC2. The van der Waals surface area contributed by atoms with Crippen LogP contribution in [0.15, 0.2) is 18.2 Å². The van der Waals surface area contributed by atoms with Gasteiger partial charge in [-0.15, -0.1) is 0 Å². The Balaban J connectivity index is 1.28. The van der Waals surface area contributed by atoms with Gasteiger partial charge in [-0.3, -0.25) is 14.6 Å². The number of nitrogens with zero attached hydrogens (tertiary/aromatic N) is 2. The van der Waals surface area contributed by atoms with Crippen molar-refractivity contribution in [2.75, 3.05) is 32.7 Å². The van der Waals surface area contributed by atoms with Crippen LogP contribution >= 0.6 is 0 Å². The van der Waals surface area contributed by atoms with Gasteiger partial charge in [0.05, 0.1) is 12.6 Å². The van der Waals surface area contributed by atoms with E-state index in [0.717, 1.165) is 25.7 Å². The van der Waals surface area contributed by atoms with Crippen molar-refractivity contribution >= 4 is 5.91 Å². The fourth-order valence-corrected chi connectivity index (χ4v) is 4.55. The average molecular weight is 356 g/mol. The van der Waals surface area contributed by atoms with E-state index in [0.29, 0.717) is 6.54 Å². The first kappa shape index (κ1) is 18.0. The number of carbonyl (C=O) groups excluding carboxylic acids is 1. The van der Waals surface area contributed by atoms with Gasteiger partial charge in [0, 0.05) is 19.1 Å². The van der Waals surface area contributed by atoms with Crippen molar-refractivity contribution in [3.8, 4) is 0 Å². The van der Waals surface area contributed by atoms with E-state index in [9.17, 15) is 4.79 Å². The number of benzene rings is 1. The number of rotatable bonds is 5. The molecule has 1 heterocycles. The molecule has 1 saturated heterocycles. The van der Waals surface area contributed by atoms with Crippen molar-refractivity contribution in [2.45, 2.75) is 64.0 Å². The monoisotopic (exact) mass is 355 g/mol. The molecule has 1 N–H and O–H groups in total. The number of nitrogens with one attached hydrogen (secondary N) is 1. The predicted octanol–water partition coefficient (Wildman–Crippen LogP) is 2.91. The number of amides is 1. The molecule has 1 saturated carbocycles. The van der Waals surface area contributed by atoms with Crippen molar-refractivity contribution in [3.05, 3.63) is 34.9 Å². The third kappa shape index (κ3) is 4.47. The maximum absolute atomic E-state index is 12.6. The molecule has 0 spiro atoms. The summed E-state index contributed by atoms with van der Waals surface area (Å²) in [6.45, 7) is 7.04. The van der Waals surface area contributed by atoms with Crippen molar-refractivity contribution in [1.82, 2.24) is 15.1 Å². The molecule has 1 aromatic rings.